The Morgan fingerprint density at radius 1 is 1.19 bits per heavy atom. The smallest absolute Gasteiger partial charge is 0.255 e. The third-order valence-electron chi connectivity index (χ3n) is 2.64. The van der Waals surface area contributed by atoms with E-state index in [0.717, 1.165) is 10.6 Å². The highest BCUT2D eigenvalue weighted by Gasteiger charge is 2.04. The molecule has 0 saturated carbocycles. The minimum Gasteiger partial charge on any atom is -0.484 e. The largest absolute Gasteiger partial charge is 0.484 e. The first kappa shape index (κ1) is 14.9. The van der Waals surface area contributed by atoms with E-state index >= 15 is 0 Å². The Kier molecular flexibility index (Phi) is 4.78. The molecule has 0 aliphatic rings. The number of carbonyl (C=O) groups excluding carboxylic acids is 2. The number of nitrogens with two attached hydrogens (primary N) is 2. The molecule has 1 aromatic carbocycles. The number of rotatable bonds is 7. The molecule has 0 aliphatic carbocycles. The first-order chi connectivity index (χ1) is 10.0. The van der Waals surface area contributed by atoms with Crippen LogP contribution in [0.25, 0.3) is 0 Å². The van der Waals surface area contributed by atoms with Gasteiger partial charge < -0.3 is 21.5 Å². The molecule has 2 aromatic rings. The van der Waals surface area contributed by atoms with Gasteiger partial charge in [-0.3, -0.25) is 9.59 Å². The van der Waals surface area contributed by atoms with E-state index in [4.69, 9.17) is 16.2 Å². The first-order valence-corrected chi connectivity index (χ1v) is 7.05. The van der Waals surface area contributed by atoms with Gasteiger partial charge in [-0.15, -0.1) is 11.3 Å². The van der Waals surface area contributed by atoms with E-state index in [1.807, 2.05) is 12.1 Å². The Morgan fingerprint density at radius 3 is 2.48 bits per heavy atom. The van der Waals surface area contributed by atoms with Crippen molar-refractivity contribution in [2.75, 3.05) is 11.9 Å². The Morgan fingerprint density at radius 2 is 1.90 bits per heavy atom. The van der Waals surface area contributed by atoms with Gasteiger partial charge in [0, 0.05) is 22.5 Å². The van der Waals surface area contributed by atoms with E-state index in [1.54, 1.807) is 23.6 Å². The maximum absolute atomic E-state index is 11.0. The van der Waals surface area contributed by atoms with Gasteiger partial charge in [-0.2, -0.15) is 0 Å². The third kappa shape index (κ3) is 4.50. The van der Waals surface area contributed by atoms with Crippen LogP contribution in [0.3, 0.4) is 0 Å². The van der Waals surface area contributed by atoms with Crippen LogP contribution in [0, 0.1) is 0 Å². The summed E-state index contributed by atoms with van der Waals surface area (Å²) in [6.07, 6.45) is 0. The normalized spacial score (nSPS) is 10.1. The molecule has 0 atom stereocenters. The predicted molar refractivity (Wildman–Crippen MR) is 81.3 cm³/mol. The second-order valence-electron chi connectivity index (χ2n) is 4.30. The average molecular weight is 305 g/mol. The van der Waals surface area contributed by atoms with Gasteiger partial charge in [0.15, 0.2) is 6.61 Å². The summed E-state index contributed by atoms with van der Waals surface area (Å²) in [6, 6.07) is 8.92. The molecule has 21 heavy (non-hydrogen) atoms. The zero-order valence-electron chi connectivity index (χ0n) is 11.2. The first-order valence-electron chi connectivity index (χ1n) is 6.17. The van der Waals surface area contributed by atoms with Gasteiger partial charge in [0.1, 0.15) is 5.75 Å². The summed E-state index contributed by atoms with van der Waals surface area (Å²) in [5.41, 5.74) is 11.6. The molecule has 110 valence electrons. The van der Waals surface area contributed by atoms with E-state index in [9.17, 15) is 9.59 Å². The van der Waals surface area contributed by atoms with E-state index < -0.39 is 11.8 Å². The van der Waals surface area contributed by atoms with Crippen molar-refractivity contribution in [3.05, 3.63) is 46.2 Å². The fraction of sp³-hybridized carbons (Fsp3) is 0.143. The molecule has 7 heteroatoms. The molecule has 0 unspecified atom stereocenters. The van der Waals surface area contributed by atoms with Gasteiger partial charge in [-0.25, -0.2) is 0 Å². The van der Waals surface area contributed by atoms with Crippen molar-refractivity contribution >= 4 is 28.8 Å². The molecule has 0 fully saturated rings. The van der Waals surface area contributed by atoms with E-state index in [1.165, 1.54) is 11.3 Å². The summed E-state index contributed by atoms with van der Waals surface area (Å²) >= 11 is 1.47. The lowest BCUT2D eigenvalue weighted by atomic mass is 10.3. The van der Waals surface area contributed by atoms with E-state index in [-0.39, 0.29) is 6.61 Å². The molecule has 0 radical (unpaired) electrons. The molecule has 2 rings (SSSR count). The van der Waals surface area contributed by atoms with Crippen LogP contribution in [0.5, 0.6) is 5.75 Å². The maximum atomic E-state index is 11.0. The topological polar surface area (TPSA) is 107 Å². The number of hydrogen-bond donors (Lipinski definition) is 3. The third-order valence-corrected chi connectivity index (χ3v) is 3.58. The minimum absolute atomic E-state index is 0.141. The Labute approximate surface area is 125 Å². The van der Waals surface area contributed by atoms with Gasteiger partial charge >= 0.3 is 0 Å². The van der Waals surface area contributed by atoms with Crippen LogP contribution in [-0.2, 0) is 11.3 Å². The number of thiophene rings is 1. The SMILES string of the molecule is NC(=O)COc1ccc(NCc2cc(C(N)=O)cs2)cc1. The molecule has 0 saturated heterocycles. The summed E-state index contributed by atoms with van der Waals surface area (Å²) < 4.78 is 5.16. The van der Waals surface area contributed by atoms with Crippen molar-refractivity contribution in [2.24, 2.45) is 11.5 Å². The Hall–Kier alpha value is -2.54. The summed E-state index contributed by atoms with van der Waals surface area (Å²) in [6.45, 7) is 0.456. The van der Waals surface area contributed by atoms with Crippen LogP contribution in [0.2, 0.25) is 0 Å². The van der Waals surface area contributed by atoms with Gasteiger partial charge in [-0.1, -0.05) is 0 Å². The van der Waals surface area contributed by atoms with Crippen molar-refractivity contribution in [3.8, 4) is 5.75 Å². The maximum Gasteiger partial charge on any atom is 0.255 e. The molecule has 1 aromatic heterocycles. The number of amides is 2. The van der Waals surface area contributed by atoms with Crippen LogP contribution in [-0.4, -0.2) is 18.4 Å². The van der Waals surface area contributed by atoms with Crippen molar-refractivity contribution < 1.29 is 14.3 Å². The highest BCUT2D eigenvalue weighted by Crippen LogP contribution is 2.19. The van der Waals surface area contributed by atoms with Crippen molar-refractivity contribution in [1.82, 2.24) is 0 Å². The van der Waals surface area contributed by atoms with Crippen LogP contribution in [0.1, 0.15) is 15.2 Å². The van der Waals surface area contributed by atoms with Gasteiger partial charge in [0.2, 0.25) is 5.91 Å². The van der Waals surface area contributed by atoms with Crippen molar-refractivity contribution in [1.29, 1.82) is 0 Å². The second-order valence-corrected chi connectivity index (χ2v) is 5.29. The molecular formula is C14H15N3O3S. The van der Waals surface area contributed by atoms with Crippen LogP contribution < -0.4 is 21.5 Å². The van der Waals surface area contributed by atoms with Gasteiger partial charge in [0.05, 0.1) is 5.56 Å². The summed E-state index contributed by atoms with van der Waals surface area (Å²) in [4.78, 5) is 22.6. The lowest BCUT2D eigenvalue weighted by Gasteiger charge is -2.07. The lowest BCUT2D eigenvalue weighted by Crippen LogP contribution is -2.19. The van der Waals surface area contributed by atoms with Crippen molar-refractivity contribution in [3.63, 3.8) is 0 Å². The standard InChI is InChI=1S/C14H15N3O3S/c15-13(18)7-20-11-3-1-10(2-4-11)17-6-12-5-9(8-21-12)14(16)19/h1-5,8,17H,6-7H2,(H2,15,18)(H2,16,19). The highest BCUT2D eigenvalue weighted by molar-refractivity contribution is 7.10. The molecule has 0 spiro atoms. The molecule has 6 nitrogen and oxygen atoms in total. The van der Waals surface area contributed by atoms with Crippen LogP contribution in [0.4, 0.5) is 5.69 Å². The highest BCUT2D eigenvalue weighted by atomic mass is 32.1. The fourth-order valence-electron chi connectivity index (χ4n) is 1.62. The number of nitrogens with one attached hydrogen (secondary N) is 1. The van der Waals surface area contributed by atoms with Crippen LogP contribution >= 0.6 is 11.3 Å². The van der Waals surface area contributed by atoms with E-state index in [2.05, 4.69) is 5.32 Å². The summed E-state index contributed by atoms with van der Waals surface area (Å²) in [7, 11) is 0. The molecule has 0 bridgehead atoms. The molecule has 5 N–H and O–H groups in total. The number of carbonyl (C=O) groups is 2. The monoisotopic (exact) mass is 305 g/mol. The minimum atomic E-state index is -0.514. The average Bonchev–Trinajstić information content (AvgIpc) is 2.93. The Bertz CT molecular complexity index is 637. The number of anilines is 1. The van der Waals surface area contributed by atoms with Crippen LogP contribution in [0.15, 0.2) is 35.7 Å². The van der Waals surface area contributed by atoms with E-state index in [0.29, 0.717) is 17.9 Å². The molecule has 0 aliphatic heterocycles. The molecular weight excluding hydrogens is 290 g/mol. The number of benzene rings is 1. The predicted octanol–water partition coefficient (Wildman–Crippen LogP) is 1.32. The Balaban J connectivity index is 1.88. The summed E-state index contributed by atoms with van der Waals surface area (Å²) in [5.74, 6) is -0.361. The lowest BCUT2D eigenvalue weighted by molar-refractivity contribution is -0.119. The number of hydrogen-bond acceptors (Lipinski definition) is 5. The zero-order valence-corrected chi connectivity index (χ0v) is 12.0. The summed E-state index contributed by atoms with van der Waals surface area (Å²) in [5, 5.41) is 4.95. The van der Waals surface area contributed by atoms with Crippen molar-refractivity contribution in [2.45, 2.75) is 6.54 Å². The second kappa shape index (κ2) is 6.76. The fourth-order valence-corrected chi connectivity index (χ4v) is 2.43. The molecule has 1 heterocycles. The number of primary amides is 2. The zero-order chi connectivity index (χ0) is 15.2. The van der Waals surface area contributed by atoms with Gasteiger partial charge in [0.25, 0.3) is 5.91 Å². The van der Waals surface area contributed by atoms with Gasteiger partial charge in [-0.05, 0) is 30.3 Å². The number of ether oxygens (including phenoxy) is 1. The molecule has 2 amide bonds. The quantitative estimate of drug-likeness (QED) is 0.717.